The van der Waals surface area contributed by atoms with Crippen molar-refractivity contribution in [1.29, 1.82) is 0 Å². The lowest BCUT2D eigenvalue weighted by Gasteiger charge is -2.45. The Morgan fingerprint density at radius 2 is 1.73 bits per heavy atom. The van der Waals surface area contributed by atoms with Crippen molar-refractivity contribution < 1.29 is 41.4 Å². The molecule has 2 aromatic carbocycles. The van der Waals surface area contributed by atoms with Gasteiger partial charge in [0.15, 0.2) is 0 Å². The van der Waals surface area contributed by atoms with Crippen LogP contribution in [0.25, 0.3) is 0 Å². The Morgan fingerprint density at radius 1 is 1.04 bits per heavy atom. The van der Waals surface area contributed by atoms with Crippen molar-refractivity contribution in [3.63, 3.8) is 0 Å². The summed E-state index contributed by atoms with van der Waals surface area (Å²) in [5, 5.41) is 6.18. The average molecular weight is 765 g/mol. The van der Waals surface area contributed by atoms with Crippen LogP contribution in [0.1, 0.15) is 76.8 Å². The van der Waals surface area contributed by atoms with E-state index in [2.05, 4.69) is 10.6 Å². The fourth-order valence-electron chi connectivity index (χ4n) is 7.85. The molecule has 3 aliphatic rings. The number of halogens is 2. The molecule has 3 fully saturated rings. The molecule has 286 valence electrons. The number of alkyl carbamates (subject to hydrolysis) is 1. The van der Waals surface area contributed by atoms with Crippen LogP contribution < -0.4 is 10.6 Å². The van der Waals surface area contributed by atoms with Crippen LogP contribution in [-0.4, -0.2) is 98.6 Å². The van der Waals surface area contributed by atoms with E-state index in [0.717, 1.165) is 5.56 Å². The minimum absolute atomic E-state index is 0.0218. The van der Waals surface area contributed by atoms with Gasteiger partial charge in [-0.1, -0.05) is 29.8 Å². The largest absolute Gasteiger partial charge is 0.453 e. The van der Waals surface area contributed by atoms with Crippen molar-refractivity contribution in [2.75, 3.05) is 38.4 Å². The topological polar surface area (TPSA) is 144 Å². The predicted molar refractivity (Wildman–Crippen MR) is 195 cm³/mol. The monoisotopic (exact) mass is 764 g/mol. The van der Waals surface area contributed by atoms with Crippen LogP contribution in [0.2, 0.25) is 5.02 Å². The van der Waals surface area contributed by atoms with Crippen molar-refractivity contribution in [3.05, 3.63) is 64.4 Å². The highest BCUT2D eigenvalue weighted by Crippen LogP contribution is 2.44. The molecular weight excluding hydrogens is 715 g/mol. The van der Waals surface area contributed by atoms with Gasteiger partial charge >= 0.3 is 12.2 Å². The maximum atomic E-state index is 15.7. The van der Waals surface area contributed by atoms with E-state index in [-0.39, 0.29) is 55.1 Å². The van der Waals surface area contributed by atoms with Crippen LogP contribution >= 0.6 is 11.6 Å². The van der Waals surface area contributed by atoms with Crippen molar-refractivity contribution in [1.82, 2.24) is 14.5 Å². The van der Waals surface area contributed by atoms with E-state index in [1.165, 1.54) is 23.5 Å². The predicted octanol–water partition coefficient (Wildman–Crippen LogP) is 6.02. The van der Waals surface area contributed by atoms with E-state index in [1.807, 2.05) is 12.1 Å². The maximum Gasteiger partial charge on any atom is 0.410 e. The molecule has 52 heavy (non-hydrogen) atoms. The normalized spacial score (nSPS) is 26.4. The summed E-state index contributed by atoms with van der Waals surface area (Å²) in [5.74, 6) is -1.20. The second-order valence-corrected chi connectivity index (χ2v) is 17.4. The third kappa shape index (κ3) is 9.00. The minimum atomic E-state index is -3.63. The molecule has 15 heteroatoms. The summed E-state index contributed by atoms with van der Waals surface area (Å²) in [7, 11) is -0.767. The smallest absolute Gasteiger partial charge is 0.410 e. The molecule has 0 aromatic heterocycles. The average Bonchev–Trinajstić information content (AvgIpc) is 3.22. The van der Waals surface area contributed by atoms with Crippen LogP contribution in [0.3, 0.4) is 0 Å². The Kier molecular flexibility index (Phi) is 12.4. The van der Waals surface area contributed by atoms with Gasteiger partial charge in [0.05, 0.1) is 19.0 Å². The molecule has 3 amide bonds. The van der Waals surface area contributed by atoms with Gasteiger partial charge in [0, 0.05) is 54.0 Å². The number of hydrogen-bond acceptors (Lipinski definition) is 8. The Hall–Kier alpha value is -3.46. The third-order valence-electron chi connectivity index (χ3n) is 10.5. The van der Waals surface area contributed by atoms with Crippen LogP contribution in [0.4, 0.5) is 19.7 Å². The quantitative estimate of drug-likeness (QED) is 0.316. The number of fused-ring (bicyclic) bond motifs is 2. The SMILES string of the molecule is COC(=O)N[C@H](C(=O)Nc1cccc(F)c1CC[C@H]1CN(C(=O)OC(C)(C)C)[C@@H]2CCCS(=O)(=O)N1C2)C1(c2ccc(Cl)cc2)CCC(OC)CC1. The highest BCUT2D eigenvalue weighted by atomic mass is 35.5. The minimum Gasteiger partial charge on any atom is -0.453 e. The van der Waals surface area contributed by atoms with Gasteiger partial charge in [-0.15, -0.1) is 0 Å². The van der Waals surface area contributed by atoms with Gasteiger partial charge in [-0.05, 0) is 102 Å². The number of anilines is 1. The van der Waals surface area contributed by atoms with Crippen molar-refractivity contribution in [3.8, 4) is 0 Å². The Balaban J connectivity index is 1.44. The molecule has 12 nitrogen and oxygen atoms in total. The second kappa shape index (κ2) is 16.3. The lowest BCUT2D eigenvalue weighted by Crippen LogP contribution is -2.60. The number of methoxy groups -OCH3 is 2. The summed E-state index contributed by atoms with van der Waals surface area (Å²) in [4.78, 5) is 42.1. The molecular formula is C37H50ClFN4O8S. The fourth-order valence-corrected chi connectivity index (χ4v) is 9.77. The van der Waals surface area contributed by atoms with Gasteiger partial charge in [-0.25, -0.2) is 22.4 Å². The van der Waals surface area contributed by atoms with E-state index in [1.54, 1.807) is 51.0 Å². The lowest BCUT2D eigenvalue weighted by molar-refractivity contribution is -0.120. The number of rotatable bonds is 9. The van der Waals surface area contributed by atoms with Gasteiger partial charge in [-0.2, -0.15) is 4.31 Å². The zero-order valence-corrected chi connectivity index (χ0v) is 32.0. The summed E-state index contributed by atoms with van der Waals surface area (Å²) in [6.45, 7) is 5.54. The number of carbonyl (C=O) groups excluding carboxylic acids is 3. The number of nitrogens with one attached hydrogen (secondary N) is 2. The highest BCUT2D eigenvalue weighted by molar-refractivity contribution is 7.89. The zero-order chi connectivity index (χ0) is 37.8. The van der Waals surface area contributed by atoms with Crippen molar-refractivity contribution >= 4 is 45.4 Å². The van der Waals surface area contributed by atoms with Crippen molar-refractivity contribution in [2.45, 2.75) is 107 Å². The van der Waals surface area contributed by atoms with Crippen LogP contribution in [0.5, 0.6) is 0 Å². The molecule has 2 aliphatic heterocycles. The van der Waals surface area contributed by atoms with Gasteiger partial charge in [0.2, 0.25) is 15.9 Å². The number of piperazine rings is 1. The van der Waals surface area contributed by atoms with Crippen LogP contribution in [0, 0.1) is 5.82 Å². The summed E-state index contributed by atoms with van der Waals surface area (Å²) in [5.41, 5.74) is -0.456. The third-order valence-corrected chi connectivity index (χ3v) is 12.7. The van der Waals surface area contributed by atoms with E-state index >= 15 is 4.39 Å². The van der Waals surface area contributed by atoms with Crippen molar-refractivity contribution in [2.24, 2.45) is 0 Å². The summed E-state index contributed by atoms with van der Waals surface area (Å²) >= 11 is 6.23. The molecule has 1 saturated carbocycles. The Morgan fingerprint density at radius 3 is 2.37 bits per heavy atom. The summed E-state index contributed by atoms with van der Waals surface area (Å²) < 4.78 is 60.1. The first-order valence-electron chi connectivity index (χ1n) is 17.8. The fraction of sp³-hybridized carbons (Fsp3) is 0.595. The molecule has 1 unspecified atom stereocenters. The second-order valence-electron chi connectivity index (χ2n) is 14.9. The number of amides is 3. The van der Waals surface area contributed by atoms with E-state index < -0.39 is 57.0 Å². The lowest BCUT2D eigenvalue weighted by atomic mass is 9.64. The number of carbonyl (C=O) groups is 3. The van der Waals surface area contributed by atoms with Gasteiger partial charge < -0.3 is 29.7 Å². The molecule has 1 aliphatic carbocycles. The standard InChI is InChI=1S/C37H50ClFN4O8S/c1-36(2,3)51-35(46)42-22-27(43-23-26(42)8-7-21-52(43,47)48)15-16-29-30(39)9-6-10-31(29)40-33(44)32(41-34(45)50-5)37(19-17-28(49-4)18-20-37)24-11-13-25(38)14-12-24/h6,9-14,26-28,32H,7-8,15-23H2,1-5H3,(H,40,44)(H,41,45)/t26-,27+,28?,32-,37?/m1/s1. The number of nitrogens with zero attached hydrogens (tertiary/aromatic N) is 2. The summed E-state index contributed by atoms with van der Waals surface area (Å²) in [6, 6.07) is 9.38. The molecule has 4 atom stereocenters. The molecule has 0 radical (unpaired) electrons. The molecule has 2 saturated heterocycles. The highest BCUT2D eigenvalue weighted by Gasteiger charge is 2.48. The van der Waals surface area contributed by atoms with Gasteiger partial charge in [0.1, 0.15) is 17.5 Å². The zero-order valence-electron chi connectivity index (χ0n) is 30.5. The maximum absolute atomic E-state index is 15.7. The number of hydrogen-bond donors (Lipinski definition) is 2. The molecule has 2 heterocycles. The molecule has 2 aromatic rings. The van der Waals surface area contributed by atoms with Crippen LogP contribution in [-0.2, 0) is 40.9 Å². The first kappa shape index (κ1) is 39.7. The Labute approximate surface area is 310 Å². The van der Waals surface area contributed by atoms with Gasteiger partial charge in [0.25, 0.3) is 0 Å². The Bertz CT molecular complexity index is 1710. The van der Waals surface area contributed by atoms with Gasteiger partial charge in [-0.3, -0.25) is 4.79 Å². The van der Waals surface area contributed by atoms with E-state index in [4.69, 9.17) is 25.8 Å². The summed E-state index contributed by atoms with van der Waals surface area (Å²) in [6.07, 6.45) is 2.05. The number of ether oxygens (including phenoxy) is 3. The molecule has 2 N–H and O–H groups in total. The van der Waals surface area contributed by atoms with E-state index in [0.29, 0.717) is 43.5 Å². The number of benzene rings is 2. The first-order valence-corrected chi connectivity index (χ1v) is 19.8. The molecule has 5 rings (SSSR count). The first-order chi connectivity index (χ1) is 24.6. The van der Waals surface area contributed by atoms with Crippen LogP contribution in [0.15, 0.2) is 42.5 Å². The number of sulfonamides is 1. The molecule has 0 spiro atoms. The van der Waals surface area contributed by atoms with E-state index in [9.17, 15) is 22.8 Å². The molecule has 2 bridgehead atoms.